The summed E-state index contributed by atoms with van der Waals surface area (Å²) in [4.78, 5) is 4.00. The first-order valence-corrected chi connectivity index (χ1v) is 6.30. The Morgan fingerprint density at radius 3 is 2.88 bits per heavy atom. The summed E-state index contributed by atoms with van der Waals surface area (Å²) in [5.74, 6) is 0. The molecule has 0 aromatic carbocycles. The maximum Gasteiger partial charge on any atom is 0.145 e. The molecule has 0 amide bonds. The highest BCUT2D eigenvalue weighted by Gasteiger charge is 2.01. The molecule has 0 bridgehead atoms. The number of nitriles is 1. The fraction of sp³-hybridized carbons (Fsp3) is 0.571. The number of pyridine rings is 1. The topological polar surface area (TPSA) is 45.9 Å². The number of hydrogen-bond donors (Lipinski definition) is 0. The molecule has 0 unspecified atom stereocenters. The maximum atomic E-state index is 8.85. The van der Waals surface area contributed by atoms with E-state index in [9.17, 15) is 0 Å². The molecule has 1 aromatic heterocycles. The standard InChI is InChI=1S/C14H20N2O/c1-2-3-4-5-6-10-17-12-13-8-7-9-16-14(13)11-15/h7-9H,2-6,10,12H2,1H3. The third-order valence-corrected chi connectivity index (χ3v) is 2.65. The van der Waals surface area contributed by atoms with Gasteiger partial charge in [-0.2, -0.15) is 5.26 Å². The summed E-state index contributed by atoms with van der Waals surface area (Å²) in [6, 6.07) is 5.80. The molecule has 0 spiro atoms. The first-order valence-electron chi connectivity index (χ1n) is 6.30. The second-order valence-corrected chi connectivity index (χ2v) is 4.09. The van der Waals surface area contributed by atoms with Gasteiger partial charge in [-0.3, -0.25) is 0 Å². The number of nitrogens with zero attached hydrogens (tertiary/aromatic N) is 2. The third kappa shape index (κ3) is 5.46. The monoisotopic (exact) mass is 232 g/mol. The van der Waals surface area contributed by atoms with E-state index in [1.807, 2.05) is 12.1 Å². The van der Waals surface area contributed by atoms with Crippen LogP contribution in [0, 0.1) is 11.3 Å². The molecule has 1 aromatic rings. The minimum atomic E-state index is 0.471. The van der Waals surface area contributed by atoms with Crippen molar-refractivity contribution in [3.05, 3.63) is 29.6 Å². The van der Waals surface area contributed by atoms with E-state index in [2.05, 4.69) is 18.0 Å². The first kappa shape index (κ1) is 13.7. The Bertz CT molecular complexity index is 357. The Balaban J connectivity index is 2.16. The molecule has 0 aliphatic heterocycles. The van der Waals surface area contributed by atoms with Crippen LogP contribution in [-0.2, 0) is 11.3 Å². The lowest BCUT2D eigenvalue weighted by atomic mass is 10.2. The minimum absolute atomic E-state index is 0.471. The van der Waals surface area contributed by atoms with Crippen molar-refractivity contribution in [3.8, 4) is 6.07 Å². The van der Waals surface area contributed by atoms with Crippen molar-refractivity contribution in [2.24, 2.45) is 0 Å². The molecule has 0 aliphatic rings. The van der Waals surface area contributed by atoms with Crippen LogP contribution >= 0.6 is 0 Å². The van der Waals surface area contributed by atoms with Gasteiger partial charge >= 0.3 is 0 Å². The second-order valence-electron chi connectivity index (χ2n) is 4.09. The molecule has 0 saturated carbocycles. The zero-order valence-corrected chi connectivity index (χ0v) is 10.5. The van der Waals surface area contributed by atoms with Gasteiger partial charge in [0.1, 0.15) is 11.8 Å². The molecule has 17 heavy (non-hydrogen) atoms. The lowest BCUT2D eigenvalue weighted by molar-refractivity contribution is 0.116. The van der Waals surface area contributed by atoms with Gasteiger partial charge in [0.15, 0.2) is 0 Å². The van der Waals surface area contributed by atoms with E-state index in [0.29, 0.717) is 12.3 Å². The van der Waals surface area contributed by atoms with E-state index in [0.717, 1.165) is 18.6 Å². The van der Waals surface area contributed by atoms with Crippen molar-refractivity contribution >= 4 is 0 Å². The van der Waals surface area contributed by atoms with E-state index in [1.165, 1.54) is 25.7 Å². The van der Waals surface area contributed by atoms with Gasteiger partial charge in [0, 0.05) is 18.4 Å². The summed E-state index contributed by atoms with van der Waals surface area (Å²) in [5, 5.41) is 8.85. The number of hydrogen-bond acceptors (Lipinski definition) is 3. The fourth-order valence-corrected chi connectivity index (χ4v) is 1.65. The molecular formula is C14H20N2O. The van der Waals surface area contributed by atoms with Crippen molar-refractivity contribution in [1.82, 2.24) is 4.98 Å². The zero-order valence-electron chi connectivity index (χ0n) is 10.5. The molecule has 0 aliphatic carbocycles. The Morgan fingerprint density at radius 2 is 2.12 bits per heavy atom. The second kappa shape index (κ2) is 8.72. The number of aromatic nitrogens is 1. The number of ether oxygens (including phenoxy) is 1. The summed E-state index contributed by atoms with van der Waals surface area (Å²) in [5.41, 5.74) is 1.35. The minimum Gasteiger partial charge on any atom is -0.377 e. The molecule has 0 N–H and O–H groups in total. The van der Waals surface area contributed by atoms with Crippen LogP contribution in [0.1, 0.15) is 50.3 Å². The molecule has 0 atom stereocenters. The summed E-state index contributed by atoms with van der Waals surface area (Å²) < 4.78 is 5.55. The highest BCUT2D eigenvalue weighted by molar-refractivity contribution is 5.29. The van der Waals surface area contributed by atoms with E-state index >= 15 is 0 Å². The molecule has 3 heteroatoms. The van der Waals surface area contributed by atoms with Crippen LogP contribution < -0.4 is 0 Å². The highest BCUT2D eigenvalue weighted by atomic mass is 16.5. The Labute approximate surface area is 103 Å². The molecule has 0 fully saturated rings. The first-order chi connectivity index (χ1) is 8.38. The lowest BCUT2D eigenvalue weighted by Gasteiger charge is -2.05. The maximum absolute atomic E-state index is 8.85. The van der Waals surface area contributed by atoms with E-state index in [-0.39, 0.29) is 0 Å². The van der Waals surface area contributed by atoms with E-state index < -0.39 is 0 Å². The van der Waals surface area contributed by atoms with Crippen LogP contribution in [-0.4, -0.2) is 11.6 Å². The zero-order chi connectivity index (χ0) is 12.3. The lowest BCUT2D eigenvalue weighted by Crippen LogP contribution is -1.99. The van der Waals surface area contributed by atoms with Gasteiger partial charge in [-0.05, 0) is 12.5 Å². The van der Waals surface area contributed by atoms with Crippen LogP contribution in [0.5, 0.6) is 0 Å². The molecule has 0 radical (unpaired) electrons. The summed E-state index contributed by atoms with van der Waals surface area (Å²) in [6.45, 7) is 3.47. The van der Waals surface area contributed by atoms with E-state index in [1.54, 1.807) is 6.20 Å². The number of rotatable bonds is 8. The average molecular weight is 232 g/mol. The van der Waals surface area contributed by atoms with Crippen molar-refractivity contribution in [2.45, 2.75) is 45.6 Å². The van der Waals surface area contributed by atoms with Gasteiger partial charge in [-0.15, -0.1) is 0 Å². The smallest absolute Gasteiger partial charge is 0.145 e. The van der Waals surface area contributed by atoms with Gasteiger partial charge in [0.05, 0.1) is 6.61 Å². The van der Waals surface area contributed by atoms with Gasteiger partial charge in [0.2, 0.25) is 0 Å². The van der Waals surface area contributed by atoms with Crippen LogP contribution in [0.25, 0.3) is 0 Å². The molecule has 0 saturated heterocycles. The van der Waals surface area contributed by atoms with Crippen LogP contribution in [0.3, 0.4) is 0 Å². The molecular weight excluding hydrogens is 212 g/mol. The van der Waals surface area contributed by atoms with Gasteiger partial charge < -0.3 is 4.74 Å². The molecule has 3 nitrogen and oxygen atoms in total. The van der Waals surface area contributed by atoms with Crippen LogP contribution in [0.15, 0.2) is 18.3 Å². The quantitative estimate of drug-likeness (QED) is 0.645. The van der Waals surface area contributed by atoms with Gasteiger partial charge in [0.25, 0.3) is 0 Å². The Kier molecular flexibility index (Phi) is 7.01. The SMILES string of the molecule is CCCCCCCOCc1cccnc1C#N. The molecule has 92 valence electrons. The van der Waals surface area contributed by atoms with E-state index in [4.69, 9.17) is 10.00 Å². The predicted molar refractivity (Wildman–Crippen MR) is 67.4 cm³/mol. The molecule has 1 rings (SSSR count). The number of unbranched alkanes of at least 4 members (excludes halogenated alkanes) is 4. The van der Waals surface area contributed by atoms with Crippen molar-refractivity contribution in [1.29, 1.82) is 5.26 Å². The third-order valence-electron chi connectivity index (χ3n) is 2.65. The average Bonchev–Trinajstić information content (AvgIpc) is 2.38. The summed E-state index contributed by atoms with van der Waals surface area (Å²) in [6.07, 6.45) is 7.82. The van der Waals surface area contributed by atoms with Gasteiger partial charge in [-0.25, -0.2) is 4.98 Å². The van der Waals surface area contributed by atoms with Crippen LogP contribution in [0.2, 0.25) is 0 Å². The van der Waals surface area contributed by atoms with Crippen molar-refractivity contribution < 1.29 is 4.74 Å². The van der Waals surface area contributed by atoms with Crippen LogP contribution in [0.4, 0.5) is 0 Å². The fourth-order valence-electron chi connectivity index (χ4n) is 1.65. The normalized spacial score (nSPS) is 10.1. The van der Waals surface area contributed by atoms with Crippen molar-refractivity contribution in [3.63, 3.8) is 0 Å². The highest BCUT2D eigenvalue weighted by Crippen LogP contribution is 2.07. The largest absolute Gasteiger partial charge is 0.377 e. The Hall–Kier alpha value is -1.40. The van der Waals surface area contributed by atoms with Crippen molar-refractivity contribution in [2.75, 3.05) is 6.61 Å². The summed E-state index contributed by atoms with van der Waals surface area (Å²) in [7, 11) is 0. The Morgan fingerprint density at radius 1 is 1.29 bits per heavy atom. The predicted octanol–water partition coefficient (Wildman–Crippen LogP) is 3.44. The van der Waals surface area contributed by atoms with Gasteiger partial charge in [-0.1, -0.05) is 38.7 Å². The summed E-state index contributed by atoms with van der Waals surface area (Å²) >= 11 is 0. The molecule has 1 heterocycles.